The lowest BCUT2D eigenvalue weighted by Gasteiger charge is -2.13. The molecule has 0 aromatic rings. The third-order valence-corrected chi connectivity index (χ3v) is 3.29. The van der Waals surface area contributed by atoms with Crippen LogP contribution in [0.1, 0.15) is 72.1 Å². The van der Waals surface area contributed by atoms with Crippen molar-refractivity contribution >= 4 is 5.78 Å². The molecule has 0 spiro atoms. The smallest absolute Gasteiger partial charge is 0.157 e. The van der Waals surface area contributed by atoms with Crippen molar-refractivity contribution in [1.29, 1.82) is 0 Å². The summed E-state index contributed by atoms with van der Waals surface area (Å²) in [4.78, 5) is 11.3. The van der Waals surface area contributed by atoms with Crippen LogP contribution in [-0.4, -0.2) is 5.78 Å². The first-order valence-corrected chi connectivity index (χ1v) is 6.80. The Labute approximate surface area is 101 Å². The summed E-state index contributed by atoms with van der Waals surface area (Å²) in [7, 11) is 0. The molecule has 1 unspecified atom stereocenters. The molecule has 1 nitrogen and oxygen atoms in total. The van der Waals surface area contributed by atoms with Crippen molar-refractivity contribution in [3.05, 3.63) is 12.2 Å². The van der Waals surface area contributed by atoms with Gasteiger partial charge in [-0.2, -0.15) is 0 Å². The summed E-state index contributed by atoms with van der Waals surface area (Å²) >= 11 is 0. The minimum atomic E-state index is 0.238. The molecule has 0 aromatic heterocycles. The van der Waals surface area contributed by atoms with Gasteiger partial charge in [0.1, 0.15) is 0 Å². The van der Waals surface area contributed by atoms with Gasteiger partial charge in [-0.05, 0) is 24.8 Å². The van der Waals surface area contributed by atoms with E-state index in [0.717, 1.165) is 12.3 Å². The van der Waals surface area contributed by atoms with E-state index in [4.69, 9.17) is 0 Å². The van der Waals surface area contributed by atoms with Crippen LogP contribution in [0.15, 0.2) is 12.2 Å². The predicted octanol–water partition coefficient (Wildman–Crippen LogP) is 4.91. The third kappa shape index (κ3) is 7.67. The number of unbranched alkanes of at least 4 members (excludes halogenated alkanes) is 2. The molecule has 0 saturated heterocycles. The highest BCUT2D eigenvalue weighted by molar-refractivity contribution is 5.93. The second-order valence-corrected chi connectivity index (χ2v) is 4.87. The number of carbonyl (C=O) groups excluding carboxylic acids is 1. The molecule has 0 aliphatic carbocycles. The van der Waals surface area contributed by atoms with Gasteiger partial charge >= 0.3 is 0 Å². The highest BCUT2D eigenvalue weighted by Gasteiger charge is 2.06. The van der Waals surface area contributed by atoms with Gasteiger partial charge in [0.25, 0.3) is 0 Å². The van der Waals surface area contributed by atoms with Crippen molar-refractivity contribution in [2.45, 2.75) is 72.1 Å². The van der Waals surface area contributed by atoms with E-state index >= 15 is 0 Å². The molecule has 0 heterocycles. The Balaban J connectivity index is 3.55. The van der Waals surface area contributed by atoms with Gasteiger partial charge in [0.2, 0.25) is 0 Å². The number of ketones is 1. The van der Waals surface area contributed by atoms with E-state index in [9.17, 15) is 4.79 Å². The maximum atomic E-state index is 11.3. The maximum Gasteiger partial charge on any atom is 0.157 e. The average molecular weight is 224 g/mol. The Morgan fingerprint density at radius 3 is 2.25 bits per heavy atom. The van der Waals surface area contributed by atoms with Gasteiger partial charge in [-0.25, -0.2) is 0 Å². The quantitative estimate of drug-likeness (QED) is 0.381. The molecule has 0 bridgehead atoms. The van der Waals surface area contributed by atoms with Gasteiger partial charge < -0.3 is 0 Å². The van der Waals surface area contributed by atoms with Crippen LogP contribution in [0.5, 0.6) is 0 Å². The summed E-state index contributed by atoms with van der Waals surface area (Å²) < 4.78 is 0. The molecule has 16 heavy (non-hydrogen) atoms. The van der Waals surface area contributed by atoms with Crippen LogP contribution in [-0.2, 0) is 4.79 Å². The Hall–Kier alpha value is -0.590. The summed E-state index contributed by atoms with van der Waals surface area (Å²) in [5.74, 6) is 1.11. The predicted molar refractivity (Wildman–Crippen MR) is 71.6 cm³/mol. The fraction of sp³-hybridized carbons (Fsp3) is 0.800. The second kappa shape index (κ2) is 9.62. The highest BCUT2D eigenvalue weighted by atomic mass is 16.1. The Kier molecular flexibility index (Phi) is 9.27. The summed E-state index contributed by atoms with van der Waals surface area (Å²) in [5, 5.41) is 0. The number of allylic oxidation sites excluding steroid dienone is 1. The van der Waals surface area contributed by atoms with Crippen molar-refractivity contribution in [3.63, 3.8) is 0 Å². The molecule has 0 N–H and O–H groups in total. The summed E-state index contributed by atoms with van der Waals surface area (Å²) in [6, 6.07) is 0. The van der Waals surface area contributed by atoms with Crippen LogP contribution >= 0.6 is 0 Å². The lowest BCUT2D eigenvalue weighted by molar-refractivity contribution is -0.115. The fourth-order valence-corrected chi connectivity index (χ4v) is 1.98. The maximum absolute atomic E-state index is 11.3. The molecule has 0 radical (unpaired) electrons. The zero-order valence-corrected chi connectivity index (χ0v) is 11.3. The molecule has 0 aliphatic rings. The summed E-state index contributed by atoms with van der Waals surface area (Å²) in [5.41, 5.74) is 0.707. The second-order valence-electron chi connectivity index (χ2n) is 4.87. The Bertz CT molecular complexity index is 205. The SMILES string of the molecule is C=C(C)C(=O)CCCCC(CC)CCCC. The van der Waals surface area contributed by atoms with Crippen LogP contribution in [0.25, 0.3) is 0 Å². The van der Waals surface area contributed by atoms with Crippen molar-refractivity contribution < 1.29 is 4.79 Å². The number of hydrogen-bond acceptors (Lipinski definition) is 1. The molecule has 1 heteroatoms. The van der Waals surface area contributed by atoms with Crippen LogP contribution < -0.4 is 0 Å². The molecule has 1 atom stereocenters. The zero-order valence-electron chi connectivity index (χ0n) is 11.3. The first-order chi connectivity index (χ1) is 7.61. The minimum Gasteiger partial charge on any atom is -0.295 e. The number of rotatable bonds is 10. The number of carbonyl (C=O) groups is 1. The van der Waals surface area contributed by atoms with Crippen LogP contribution in [0, 0.1) is 5.92 Å². The Morgan fingerprint density at radius 2 is 1.75 bits per heavy atom. The lowest BCUT2D eigenvalue weighted by Crippen LogP contribution is -2.01. The number of Topliss-reactive ketones (excluding diaryl/α,β-unsaturated/α-hetero) is 1. The van der Waals surface area contributed by atoms with Gasteiger partial charge in [-0.15, -0.1) is 0 Å². The summed E-state index contributed by atoms with van der Waals surface area (Å²) in [6.07, 6.45) is 9.51. The van der Waals surface area contributed by atoms with E-state index in [2.05, 4.69) is 20.4 Å². The van der Waals surface area contributed by atoms with Crippen LogP contribution in [0.4, 0.5) is 0 Å². The van der Waals surface area contributed by atoms with Gasteiger partial charge in [-0.1, -0.05) is 59.0 Å². The van der Waals surface area contributed by atoms with E-state index in [1.807, 2.05) is 0 Å². The first kappa shape index (κ1) is 15.4. The zero-order chi connectivity index (χ0) is 12.4. The van der Waals surface area contributed by atoms with Gasteiger partial charge in [0, 0.05) is 6.42 Å². The molecular weight excluding hydrogens is 196 g/mol. The van der Waals surface area contributed by atoms with E-state index in [0.29, 0.717) is 12.0 Å². The van der Waals surface area contributed by atoms with Crippen molar-refractivity contribution in [2.24, 2.45) is 5.92 Å². The van der Waals surface area contributed by atoms with Gasteiger partial charge in [-0.3, -0.25) is 4.79 Å². The molecule has 0 fully saturated rings. The highest BCUT2D eigenvalue weighted by Crippen LogP contribution is 2.20. The molecule has 0 rings (SSSR count). The standard InChI is InChI=1S/C15H28O/c1-5-7-10-14(6-2)11-8-9-12-15(16)13(3)4/h14H,3,5-12H2,1-2,4H3. The lowest BCUT2D eigenvalue weighted by atomic mass is 9.93. The average Bonchev–Trinajstić information content (AvgIpc) is 2.27. The minimum absolute atomic E-state index is 0.238. The van der Waals surface area contributed by atoms with Crippen LogP contribution in [0.3, 0.4) is 0 Å². The largest absolute Gasteiger partial charge is 0.295 e. The van der Waals surface area contributed by atoms with Gasteiger partial charge in [0.05, 0.1) is 0 Å². The van der Waals surface area contributed by atoms with Crippen LogP contribution in [0.2, 0.25) is 0 Å². The molecule has 0 aromatic carbocycles. The fourth-order valence-electron chi connectivity index (χ4n) is 1.98. The van der Waals surface area contributed by atoms with Crippen molar-refractivity contribution in [3.8, 4) is 0 Å². The number of hydrogen-bond donors (Lipinski definition) is 0. The van der Waals surface area contributed by atoms with Crippen molar-refractivity contribution in [1.82, 2.24) is 0 Å². The first-order valence-electron chi connectivity index (χ1n) is 6.80. The third-order valence-electron chi connectivity index (χ3n) is 3.29. The molecule has 0 saturated carbocycles. The molecular formula is C15H28O. The summed E-state index contributed by atoms with van der Waals surface area (Å²) in [6.45, 7) is 10.0. The topological polar surface area (TPSA) is 17.1 Å². The van der Waals surface area contributed by atoms with E-state index in [1.54, 1.807) is 6.92 Å². The normalized spacial score (nSPS) is 12.4. The van der Waals surface area contributed by atoms with E-state index < -0.39 is 0 Å². The molecule has 94 valence electrons. The van der Waals surface area contributed by atoms with E-state index in [1.165, 1.54) is 38.5 Å². The molecule has 0 amide bonds. The Morgan fingerprint density at radius 1 is 1.12 bits per heavy atom. The molecule has 0 aliphatic heterocycles. The van der Waals surface area contributed by atoms with Gasteiger partial charge in [0.15, 0.2) is 5.78 Å². The monoisotopic (exact) mass is 224 g/mol. The van der Waals surface area contributed by atoms with E-state index in [-0.39, 0.29) is 5.78 Å². The van der Waals surface area contributed by atoms with Crippen molar-refractivity contribution in [2.75, 3.05) is 0 Å².